The van der Waals surface area contributed by atoms with E-state index in [4.69, 9.17) is 9.52 Å². The fourth-order valence-corrected chi connectivity index (χ4v) is 2.05. The lowest BCUT2D eigenvalue weighted by Gasteiger charge is -2.31. The molecule has 0 aromatic carbocycles. The van der Waals surface area contributed by atoms with Crippen molar-refractivity contribution in [3.05, 3.63) is 23.7 Å². The van der Waals surface area contributed by atoms with Crippen molar-refractivity contribution >= 4 is 11.9 Å². The largest absolute Gasteiger partial charge is 0.475 e. The monoisotopic (exact) mass is 265 g/mol. The summed E-state index contributed by atoms with van der Waals surface area (Å²) < 4.78 is 5.10. The van der Waals surface area contributed by atoms with Gasteiger partial charge in [-0.1, -0.05) is 13.8 Å². The first-order valence-electron chi connectivity index (χ1n) is 6.57. The Hall–Kier alpha value is -1.78. The zero-order valence-electron chi connectivity index (χ0n) is 11.4. The van der Waals surface area contributed by atoms with Gasteiger partial charge in [0.05, 0.1) is 0 Å². The van der Waals surface area contributed by atoms with Crippen LogP contribution in [0.2, 0.25) is 0 Å². The molecule has 1 saturated carbocycles. The molecule has 0 aliphatic heterocycles. The number of aromatic carboxylic acids is 1. The highest BCUT2D eigenvalue weighted by molar-refractivity contribution is 5.94. The van der Waals surface area contributed by atoms with E-state index in [9.17, 15) is 9.59 Å². The van der Waals surface area contributed by atoms with Gasteiger partial charge in [0.25, 0.3) is 5.91 Å². The highest BCUT2D eigenvalue weighted by Crippen LogP contribution is 2.32. The van der Waals surface area contributed by atoms with Crippen LogP contribution < -0.4 is 0 Å². The second kappa shape index (κ2) is 5.07. The van der Waals surface area contributed by atoms with Gasteiger partial charge in [0.1, 0.15) is 0 Å². The molecule has 0 radical (unpaired) electrons. The van der Waals surface area contributed by atoms with Crippen LogP contribution in [0, 0.1) is 5.92 Å². The van der Waals surface area contributed by atoms with Crippen molar-refractivity contribution in [3.8, 4) is 0 Å². The maximum atomic E-state index is 12.4. The topological polar surface area (TPSA) is 70.8 Å². The van der Waals surface area contributed by atoms with Gasteiger partial charge < -0.3 is 14.4 Å². The van der Waals surface area contributed by atoms with Crippen LogP contribution in [0.15, 0.2) is 16.5 Å². The number of rotatable bonds is 5. The van der Waals surface area contributed by atoms with Gasteiger partial charge >= 0.3 is 5.97 Å². The molecule has 1 N–H and O–H groups in total. The first-order valence-corrected chi connectivity index (χ1v) is 6.57. The van der Waals surface area contributed by atoms with Crippen LogP contribution >= 0.6 is 0 Å². The Labute approximate surface area is 112 Å². The van der Waals surface area contributed by atoms with Gasteiger partial charge in [-0.05, 0) is 37.8 Å². The lowest BCUT2D eigenvalue weighted by atomic mass is 10.0. The van der Waals surface area contributed by atoms with Gasteiger partial charge in [0.2, 0.25) is 5.76 Å². The maximum absolute atomic E-state index is 12.4. The van der Waals surface area contributed by atoms with Gasteiger partial charge in [0, 0.05) is 12.1 Å². The molecule has 0 unspecified atom stereocenters. The fourth-order valence-electron chi connectivity index (χ4n) is 2.05. The van der Waals surface area contributed by atoms with E-state index >= 15 is 0 Å². The third-order valence-electron chi connectivity index (χ3n) is 3.61. The lowest BCUT2D eigenvalue weighted by Crippen LogP contribution is -2.43. The summed E-state index contributed by atoms with van der Waals surface area (Å²) in [5, 5.41) is 8.82. The van der Waals surface area contributed by atoms with Crippen molar-refractivity contribution in [2.45, 2.75) is 45.7 Å². The van der Waals surface area contributed by atoms with Crippen molar-refractivity contribution < 1.29 is 19.1 Å². The van der Waals surface area contributed by atoms with E-state index in [0.717, 1.165) is 12.8 Å². The molecular weight excluding hydrogens is 246 g/mol. The second-order valence-electron chi connectivity index (χ2n) is 5.40. The molecule has 5 nitrogen and oxygen atoms in total. The average molecular weight is 265 g/mol. The molecule has 1 heterocycles. The molecule has 19 heavy (non-hydrogen) atoms. The molecular formula is C14H19NO4. The molecule has 0 bridgehead atoms. The Morgan fingerprint density at radius 2 is 1.84 bits per heavy atom. The van der Waals surface area contributed by atoms with Crippen LogP contribution in [0.1, 0.15) is 54.7 Å². The van der Waals surface area contributed by atoms with Gasteiger partial charge in [-0.3, -0.25) is 4.79 Å². The zero-order chi connectivity index (χ0) is 14.2. The van der Waals surface area contributed by atoms with E-state index in [2.05, 4.69) is 13.8 Å². The van der Waals surface area contributed by atoms with Crippen LogP contribution in [0.5, 0.6) is 0 Å². The highest BCUT2D eigenvalue weighted by atomic mass is 16.4. The summed E-state index contributed by atoms with van der Waals surface area (Å²) in [4.78, 5) is 25.1. The first-order chi connectivity index (χ1) is 8.91. The van der Waals surface area contributed by atoms with E-state index < -0.39 is 5.97 Å². The lowest BCUT2D eigenvalue weighted by molar-refractivity contribution is 0.0582. The number of carboxylic acid groups (broad SMARTS) is 1. The summed E-state index contributed by atoms with van der Waals surface area (Å²) in [6, 6.07) is 3.14. The van der Waals surface area contributed by atoms with E-state index in [1.165, 1.54) is 12.1 Å². The van der Waals surface area contributed by atoms with Gasteiger partial charge in [-0.25, -0.2) is 4.79 Å². The van der Waals surface area contributed by atoms with Crippen molar-refractivity contribution in [2.24, 2.45) is 5.92 Å². The number of carboxylic acids is 1. The molecule has 1 amide bonds. The molecule has 1 aliphatic carbocycles. The average Bonchev–Trinajstić information content (AvgIpc) is 3.04. The molecule has 1 aromatic heterocycles. The number of nitrogens with zero attached hydrogens (tertiary/aromatic N) is 1. The number of carbonyl (C=O) groups excluding carboxylic acids is 1. The Bertz CT molecular complexity index is 487. The minimum Gasteiger partial charge on any atom is -0.475 e. The summed E-state index contributed by atoms with van der Waals surface area (Å²) in [5.41, 5.74) is 0. The highest BCUT2D eigenvalue weighted by Gasteiger charge is 2.38. The number of carbonyl (C=O) groups is 2. The summed E-state index contributed by atoms with van der Waals surface area (Å²) in [6.45, 7) is 6.15. The normalized spacial score (nSPS) is 16.4. The minimum absolute atomic E-state index is 0.108. The van der Waals surface area contributed by atoms with Crippen molar-refractivity contribution in [1.82, 2.24) is 4.90 Å². The van der Waals surface area contributed by atoms with Crippen LogP contribution in [0.25, 0.3) is 0 Å². The van der Waals surface area contributed by atoms with E-state index in [-0.39, 0.29) is 29.5 Å². The SMILES string of the molecule is CC(C)[C@@H](C)N(C(=O)c1ccc(C(=O)O)o1)C1CC1. The molecule has 5 heteroatoms. The predicted molar refractivity (Wildman–Crippen MR) is 69.2 cm³/mol. The molecule has 0 saturated heterocycles. The van der Waals surface area contributed by atoms with Crippen molar-refractivity contribution in [3.63, 3.8) is 0 Å². The van der Waals surface area contributed by atoms with Gasteiger partial charge in [0.15, 0.2) is 5.76 Å². The standard InChI is InChI=1S/C14H19NO4/c1-8(2)9(3)15(10-4-5-10)13(16)11-6-7-12(19-11)14(17)18/h6-10H,4-5H2,1-3H3,(H,17,18)/t9-/m1/s1. The molecule has 104 valence electrons. The zero-order valence-corrected chi connectivity index (χ0v) is 11.4. The quantitative estimate of drug-likeness (QED) is 0.888. The Morgan fingerprint density at radius 1 is 1.26 bits per heavy atom. The van der Waals surface area contributed by atoms with E-state index in [0.29, 0.717) is 5.92 Å². The number of furan rings is 1. The Balaban J connectivity index is 2.21. The van der Waals surface area contributed by atoms with E-state index in [1.54, 1.807) is 0 Å². The van der Waals surface area contributed by atoms with Gasteiger partial charge in [-0.2, -0.15) is 0 Å². The molecule has 1 aromatic rings. The molecule has 1 atom stereocenters. The summed E-state index contributed by atoms with van der Waals surface area (Å²) in [7, 11) is 0. The summed E-state index contributed by atoms with van der Waals surface area (Å²) in [5.74, 6) is -1.11. The summed E-state index contributed by atoms with van der Waals surface area (Å²) in [6.07, 6.45) is 2.02. The van der Waals surface area contributed by atoms with Crippen LogP contribution in [0.4, 0.5) is 0 Å². The number of hydrogen-bond donors (Lipinski definition) is 1. The second-order valence-corrected chi connectivity index (χ2v) is 5.40. The molecule has 1 fully saturated rings. The number of hydrogen-bond acceptors (Lipinski definition) is 3. The fraction of sp³-hybridized carbons (Fsp3) is 0.571. The first kappa shape index (κ1) is 13.6. The van der Waals surface area contributed by atoms with Crippen molar-refractivity contribution in [2.75, 3.05) is 0 Å². The number of amides is 1. The van der Waals surface area contributed by atoms with Crippen molar-refractivity contribution in [1.29, 1.82) is 0 Å². The van der Waals surface area contributed by atoms with Gasteiger partial charge in [-0.15, -0.1) is 0 Å². The van der Waals surface area contributed by atoms with E-state index in [1.807, 2.05) is 11.8 Å². The van der Waals surface area contributed by atoms with Crippen LogP contribution in [-0.2, 0) is 0 Å². The maximum Gasteiger partial charge on any atom is 0.371 e. The Kier molecular flexibility index (Phi) is 3.64. The smallest absolute Gasteiger partial charge is 0.371 e. The molecule has 0 spiro atoms. The summed E-state index contributed by atoms with van der Waals surface area (Å²) >= 11 is 0. The van der Waals surface area contributed by atoms with Crippen LogP contribution in [-0.4, -0.2) is 34.0 Å². The molecule has 2 rings (SSSR count). The Morgan fingerprint density at radius 3 is 2.26 bits per heavy atom. The predicted octanol–water partition coefficient (Wildman–Crippen LogP) is 2.63. The van der Waals surface area contributed by atoms with Crippen LogP contribution in [0.3, 0.4) is 0 Å². The third-order valence-corrected chi connectivity index (χ3v) is 3.61. The molecule has 1 aliphatic rings. The third kappa shape index (κ3) is 2.80. The minimum atomic E-state index is -1.16.